The van der Waals surface area contributed by atoms with E-state index in [0.29, 0.717) is 24.6 Å². The molecule has 2 aliphatic rings. The van der Waals surface area contributed by atoms with Crippen LogP contribution in [0.2, 0.25) is 0 Å². The lowest BCUT2D eigenvalue weighted by Crippen LogP contribution is -2.39. The zero-order valence-electron chi connectivity index (χ0n) is 23.6. The zero-order valence-corrected chi connectivity index (χ0v) is 24.5. The average Bonchev–Trinajstić information content (AvgIpc) is 3.57. The van der Waals surface area contributed by atoms with Crippen LogP contribution in [0, 0.1) is 27.3 Å². The maximum atomic E-state index is 14.1. The number of aliphatic carboxylic acids is 1. The third-order valence-electron chi connectivity index (χ3n) is 8.54. The molecule has 0 spiro atoms. The van der Waals surface area contributed by atoms with Crippen LogP contribution in [0.15, 0.2) is 47.6 Å². The van der Waals surface area contributed by atoms with E-state index < -0.39 is 21.9 Å². The molecular weight excluding hydrogens is 554 g/mol. The number of carbonyl (C=O) groups is 1. The number of hydrogen-bond donors (Lipinski definition) is 1. The molecular formula is C30H31N7O4S. The second kappa shape index (κ2) is 10.5. The lowest BCUT2D eigenvalue weighted by Gasteiger charge is -2.26. The summed E-state index contributed by atoms with van der Waals surface area (Å²) in [4.78, 5) is 22.0. The van der Waals surface area contributed by atoms with Crippen molar-refractivity contribution >= 4 is 33.1 Å². The van der Waals surface area contributed by atoms with E-state index in [9.17, 15) is 18.3 Å². The average molecular weight is 586 g/mol. The van der Waals surface area contributed by atoms with Crippen LogP contribution in [0.25, 0.3) is 10.5 Å². The molecule has 1 fully saturated rings. The lowest BCUT2D eigenvalue weighted by atomic mass is 9.85. The summed E-state index contributed by atoms with van der Waals surface area (Å²) in [6, 6.07) is 9.10. The number of pyridine rings is 2. The second-order valence-corrected chi connectivity index (χ2v) is 13.0. The summed E-state index contributed by atoms with van der Waals surface area (Å²) in [6.45, 7) is 14.3. The van der Waals surface area contributed by atoms with Gasteiger partial charge in [0.1, 0.15) is 16.5 Å². The molecule has 0 saturated carbocycles. The molecule has 11 nitrogen and oxygen atoms in total. The van der Waals surface area contributed by atoms with E-state index >= 15 is 0 Å². The van der Waals surface area contributed by atoms with Gasteiger partial charge in [0.05, 0.1) is 13.0 Å². The molecule has 216 valence electrons. The molecule has 5 heterocycles. The van der Waals surface area contributed by atoms with E-state index in [1.165, 1.54) is 16.6 Å². The third kappa shape index (κ3) is 4.68. The minimum Gasteiger partial charge on any atom is -0.481 e. The van der Waals surface area contributed by atoms with Crippen molar-refractivity contribution < 1.29 is 18.3 Å². The number of hydrogen-bond acceptors (Lipinski definition) is 7. The molecule has 6 rings (SSSR count). The Hall–Kier alpha value is -4.34. The van der Waals surface area contributed by atoms with Gasteiger partial charge >= 0.3 is 5.97 Å². The SMILES string of the molecule is [C-]#[N+]c1cnc2c(c1)S(=O)(=O)N(Cc1cc([C@H](CC(=O)O)c3ccn4c(C)nnc4c3C)ccc1C)C[C@@H]1CCCN21. The van der Waals surface area contributed by atoms with Gasteiger partial charge in [-0.25, -0.2) is 18.2 Å². The number of rotatable bonds is 6. The first-order chi connectivity index (χ1) is 20.1. The molecule has 12 heteroatoms. The van der Waals surface area contributed by atoms with Crippen molar-refractivity contribution in [3.63, 3.8) is 0 Å². The molecule has 0 bridgehead atoms. The first-order valence-electron chi connectivity index (χ1n) is 13.8. The number of aryl methyl sites for hydroxylation is 3. The predicted molar refractivity (Wildman–Crippen MR) is 156 cm³/mol. The van der Waals surface area contributed by atoms with Gasteiger partial charge in [-0.3, -0.25) is 9.20 Å². The molecule has 1 saturated heterocycles. The number of benzene rings is 1. The predicted octanol–water partition coefficient (Wildman–Crippen LogP) is 4.38. The van der Waals surface area contributed by atoms with Crippen molar-refractivity contribution in [1.82, 2.24) is 23.9 Å². The van der Waals surface area contributed by atoms with Crippen molar-refractivity contribution in [3.05, 3.63) is 87.8 Å². The monoisotopic (exact) mass is 585 g/mol. The molecule has 2 atom stereocenters. The Morgan fingerprint density at radius 3 is 2.76 bits per heavy atom. The van der Waals surface area contributed by atoms with Crippen molar-refractivity contribution in [2.45, 2.75) is 63.4 Å². The van der Waals surface area contributed by atoms with Crippen LogP contribution < -0.4 is 4.90 Å². The molecule has 0 unspecified atom stereocenters. The Bertz CT molecular complexity index is 1880. The molecule has 0 radical (unpaired) electrons. The molecule has 0 amide bonds. The van der Waals surface area contributed by atoms with Crippen LogP contribution in [0.1, 0.15) is 58.8 Å². The van der Waals surface area contributed by atoms with E-state index in [1.54, 1.807) is 0 Å². The van der Waals surface area contributed by atoms with Gasteiger partial charge in [-0.1, -0.05) is 18.2 Å². The molecule has 2 aliphatic heterocycles. The first kappa shape index (κ1) is 27.8. The Morgan fingerprint density at radius 1 is 1.19 bits per heavy atom. The number of aromatic nitrogens is 4. The summed E-state index contributed by atoms with van der Waals surface area (Å²) in [6.07, 6.45) is 4.94. The van der Waals surface area contributed by atoms with E-state index in [1.807, 2.05) is 55.6 Å². The fourth-order valence-electron chi connectivity index (χ4n) is 6.26. The minimum atomic E-state index is -3.97. The van der Waals surface area contributed by atoms with Gasteiger partial charge in [0.2, 0.25) is 15.7 Å². The van der Waals surface area contributed by atoms with Crippen LogP contribution in [0.5, 0.6) is 0 Å². The van der Waals surface area contributed by atoms with Crippen molar-refractivity contribution in [3.8, 4) is 0 Å². The van der Waals surface area contributed by atoms with Gasteiger partial charge in [0.15, 0.2) is 5.65 Å². The number of sulfonamides is 1. The number of carboxylic acids is 1. The fraction of sp³-hybridized carbons (Fsp3) is 0.367. The summed E-state index contributed by atoms with van der Waals surface area (Å²) in [5.74, 6) is -0.253. The summed E-state index contributed by atoms with van der Waals surface area (Å²) < 4.78 is 31.5. The highest BCUT2D eigenvalue weighted by molar-refractivity contribution is 7.89. The maximum absolute atomic E-state index is 14.1. The quantitative estimate of drug-likeness (QED) is 0.331. The lowest BCUT2D eigenvalue weighted by molar-refractivity contribution is -0.137. The van der Waals surface area contributed by atoms with Gasteiger partial charge in [-0.2, -0.15) is 4.31 Å². The molecule has 1 aromatic carbocycles. The Labute approximate surface area is 244 Å². The van der Waals surface area contributed by atoms with Crippen LogP contribution >= 0.6 is 0 Å². The van der Waals surface area contributed by atoms with Crippen LogP contribution in [0.4, 0.5) is 11.5 Å². The normalized spacial score (nSPS) is 18.7. The summed E-state index contributed by atoms with van der Waals surface area (Å²) in [5.41, 5.74) is 5.03. The van der Waals surface area contributed by atoms with E-state index in [-0.39, 0.29) is 29.6 Å². The fourth-order valence-corrected chi connectivity index (χ4v) is 7.89. The van der Waals surface area contributed by atoms with Gasteiger partial charge in [0.25, 0.3) is 0 Å². The second-order valence-electron chi connectivity index (χ2n) is 11.1. The van der Waals surface area contributed by atoms with Gasteiger partial charge in [0, 0.05) is 44.0 Å². The summed E-state index contributed by atoms with van der Waals surface area (Å²) in [5, 5.41) is 18.3. The molecule has 0 aliphatic carbocycles. The molecule has 1 N–H and O–H groups in total. The topological polar surface area (TPSA) is 125 Å². The number of anilines is 1. The summed E-state index contributed by atoms with van der Waals surface area (Å²) >= 11 is 0. The highest BCUT2D eigenvalue weighted by Gasteiger charge is 2.40. The number of nitrogens with zero attached hydrogens (tertiary/aromatic N) is 7. The highest BCUT2D eigenvalue weighted by Crippen LogP contribution is 2.39. The number of fused-ring (bicyclic) bond motifs is 4. The van der Waals surface area contributed by atoms with Gasteiger partial charge in [-0.05, 0) is 73.6 Å². The van der Waals surface area contributed by atoms with E-state index in [2.05, 4.69) is 24.9 Å². The highest BCUT2D eigenvalue weighted by atomic mass is 32.2. The van der Waals surface area contributed by atoms with Crippen LogP contribution in [-0.2, 0) is 21.4 Å². The zero-order chi connectivity index (χ0) is 29.8. The third-order valence-corrected chi connectivity index (χ3v) is 10.4. The Morgan fingerprint density at radius 2 is 2.00 bits per heavy atom. The smallest absolute Gasteiger partial charge is 0.304 e. The minimum absolute atomic E-state index is 0.0171. The van der Waals surface area contributed by atoms with E-state index in [0.717, 1.165) is 46.5 Å². The first-order valence-corrected chi connectivity index (χ1v) is 15.3. The largest absolute Gasteiger partial charge is 0.481 e. The molecule has 4 aromatic rings. The van der Waals surface area contributed by atoms with Crippen LogP contribution in [0.3, 0.4) is 0 Å². The van der Waals surface area contributed by atoms with Crippen molar-refractivity contribution in [1.29, 1.82) is 0 Å². The Kier molecular flexibility index (Phi) is 6.95. The van der Waals surface area contributed by atoms with Crippen LogP contribution in [-0.4, -0.2) is 62.5 Å². The Balaban J connectivity index is 1.41. The van der Waals surface area contributed by atoms with E-state index in [4.69, 9.17) is 6.57 Å². The van der Waals surface area contributed by atoms with Crippen molar-refractivity contribution in [2.75, 3.05) is 18.0 Å². The maximum Gasteiger partial charge on any atom is 0.304 e. The van der Waals surface area contributed by atoms with Crippen molar-refractivity contribution in [2.24, 2.45) is 0 Å². The summed E-state index contributed by atoms with van der Waals surface area (Å²) in [7, 11) is -3.97. The standard InChI is InChI=1S/C30H31N7O4S/c1-18-7-8-21(26(14-28(38)39)25-9-11-36-20(3)33-34-29(36)19(25)2)12-22(18)16-35-17-24-6-5-10-37(24)30-27(42(35,40)41)13-23(31-4)15-32-30/h7-9,11-13,15,24,26H,5-6,10,14,16-17H2,1-3H3,(H,38,39)/t24-,26-/m0/s1. The van der Waals surface area contributed by atoms with Gasteiger partial charge < -0.3 is 10.0 Å². The molecule has 42 heavy (non-hydrogen) atoms. The number of carboxylic acid groups (broad SMARTS) is 1. The van der Waals surface area contributed by atoms with Gasteiger partial charge in [-0.15, -0.1) is 10.2 Å². The molecule has 3 aromatic heterocycles.